The van der Waals surface area contributed by atoms with E-state index < -0.39 is 35.5 Å². The molecule has 6 nitrogen and oxygen atoms in total. The van der Waals surface area contributed by atoms with Crippen molar-refractivity contribution in [1.29, 1.82) is 0 Å². The van der Waals surface area contributed by atoms with E-state index >= 15 is 0 Å². The minimum Gasteiger partial charge on any atom is -0.368 e. The fourth-order valence-electron chi connectivity index (χ4n) is 3.27. The monoisotopic (exact) mass is 465 g/mol. The van der Waals surface area contributed by atoms with Crippen molar-refractivity contribution in [3.63, 3.8) is 0 Å². The number of carbonyl (C=O) groups is 1. The molecule has 0 saturated carbocycles. The van der Waals surface area contributed by atoms with Crippen LogP contribution >= 0.6 is 0 Å². The van der Waals surface area contributed by atoms with E-state index in [-0.39, 0.29) is 35.9 Å². The van der Waals surface area contributed by atoms with Gasteiger partial charge in [-0.05, 0) is 44.2 Å². The summed E-state index contributed by atoms with van der Waals surface area (Å²) in [5.74, 6) is -2.78. The van der Waals surface area contributed by atoms with E-state index in [0.717, 1.165) is 6.07 Å². The van der Waals surface area contributed by atoms with Gasteiger partial charge < -0.3 is 10.2 Å². The molecule has 0 fully saturated rings. The van der Waals surface area contributed by atoms with Crippen molar-refractivity contribution >= 4 is 11.7 Å². The van der Waals surface area contributed by atoms with E-state index in [1.165, 1.54) is 35.5 Å². The molecule has 1 unspecified atom stereocenters. The first-order chi connectivity index (χ1) is 15.6. The molecule has 2 aromatic heterocycles. The molecule has 1 N–H and O–H groups in total. The Balaban J connectivity index is 1.82. The van der Waals surface area contributed by atoms with Crippen LogP contribution in [-0.2, 0) is 6.18 Å². The van der Waals surface area contributed by atoms with E-state index in [1.54, 1.807) is 19.9 Å². The molecule has 1 atom stereocenters. The van der Waals surface area contributed by atoms with Crippen molar-refractivity contribution in [3.05, 3.63) is 71.7 Å². The first-order valence-electron chi connectivity index (χ1n) is 9.98. The molecule has 0 aliphatic rings. The van der Waals surface area contributed by atoms with Crippen molar-refractivity contribution in [2.75, 3.05) is 18.4 Å². The fraction of sp³-hybridized carbons (Fsp3) is 0.273. The zero-order valence-corrected chi connectivity index (χ0v) is 17.7. The van der Waals surface area contributed by atoms with Crippen LogP contribution in [-0.4, -0.2) is 44.9 Å². The van der Waals surface area contributed by atoms with Crippen LogP contribution in [0.25, 0.3) is 11.4 Å². The minimum atomic E-state index is -4.94. The van der Waals surface area contributed by atoms with Crippen molar-refractivity contribution in [1.82, 2.24) is 19.9 Å². The Kier molecular flexibility index (Phi) is 7.19. The lowest BCUT2D eigenvalue weighted by Gasteiger charge is -2.29. The molecular weight excluding hydrogens is 445 g/mol. The minimum absolute atomic E-state index is 0.0159. The molecule has 0 aliphatic carbocycles. The van der Waals surface area contributed by atoms with E-state index in [4.69, 9.17) is 0 Å². The first kappa shape index (κ1) is 24.0. The van der Waals surface area contributed by atoms with E-state index in [0.29, 0.717) is 6.07 Å². The predicted octanol–water partition coefficient (Wildman–Crippen LogP) is 4.80. The molecule has 0 saturated heterocycles. The topological polar surface area (TPSA) is 71.0 Å². The van der Waals surface area contributed by atoms with Crippen LogP contribution in [0.2, 0.25) is 0 Å². The summed E-state index contributed by atoms with van der Waals surface area (Å²) in [6.07, 6.45) is -2.08. The Hall–Kier alpha value is -3.63. The lowest BCUT2D eigenvalue weighted by atomic mass is 10.0. The number of hydrogen-bond acceptors (Lipinski definition) is 5. The number of nitrogens with zero attached hydrogens (tertiary/aromatic N) is 4. The summed E-state index contributed by atoms with van der Waals surface area (Å²) in [6.45, 7) is 3.63. The molecule has 1 aromatic carbocycles. The van der Waals surface area contributed by atoms with Crippen molar-refractivity contribution in [2.24, 2.45) is 0 Å². The number of rotatable bonds is 7. The van der Waals surface area contributed by atoms with E-state index in [1.807, 2.05) is 0 Å². The number of halogens is 5. The van der Waals surface area contributed by atoms with E-state index in [9.17, 15) is 26.7 Å². The van der Waals surface area contributed by atoms with Gasteiger partial charge >= 0.3 is 6.18 Å². The highest BCUT2D eigenvalue weighted by atomic mass is 19.4. The largest absolute Gasteiger partial charge is 0.436 e. The Morgan fingerprint density at radius 1 is 1.06 bits per heavy atom. The van der Waals surface area contributed by atoms with Gasteiger partial charge in [0.15, 0.2) is 17.3 Å². The second kappa shape index (κ2) is 9.88. The maximum absolute atomic E-state index is 14.6. The Morgan fingerprint density at radius 2 is 1.76 bits per heavy atom. The Labute approximate surface area is 186 Å². The number of benzene rings is 1. The number of hydrogen-bond donors (Lipinski definition) is 1. The van der Waals surface area contributed by atoms with Gasteiger partial charge in [-0.3, -0.25) is 4.79 Å². The van der Waals surface area contributed by atoms with Gasteiger partial charge in [-0.25, -0.2) is 23.7 Å². The van der Waals surface area contributed by atoms with Crippen LogP contribution in [0.5, 0.6) is 0 Å². The highest BCUT2D eigenvalue weighted by Gasteiger charge is 2.36. The zero-order valence-electron chi connectivity index (χ0n) is 17.7. The SMILES string of the molecule is CCN(C(=O)c1cccc(F)c1-c1ncccn1)C(C)CNc1ccc(F)c(C(F)(F)F)n1. The molecule has 2 heterocycles. The molecule has 3 aromatic rings. The molecule has 0 radical (unpaired) electrons. The van der Waals surface area contributed by atoms with Gasteiger partial charge in [-0.15, -0.1) is 0 Å². The second-order valence-electron chi connectivity index (χ2n) is 7.08. The predicted molar refractivity (Wildman–Crippen MR) is 111 cm³/mol. The van der Waals surface area contributed by atoms with Gasteiger partial charge in [0.25, 0.3) is 5.91 Å². The van der Waals surface area contributed by atoms with Crippen molar-refractivity contribution in [2.45, 2.75) is 26.1 Å². The van der Waals surface area contributed by atoms with Crippen LogP contribution in [0.3, 0.4) is 0 Å². The third-order valence-corrected chi connectivity index (χ3v) is 4.86. The molecule has 174 valence electrons. The normalized spacial score (nSPS) is 12.3. The number of amides is 1. The highest BCUT2D eigenvalue weighted by molar-refractivity contribution is 6.00. The molecule has 0 bridgehead atoms. The highest BCUT2D eigenvalue weighted by Crippen LogP contribution is 2.30. The lowest BCUT2D eigenvalue weighted by Crippen LogP contribution is -2.42. The number of likely N-dealkylation sites (N-methyl/N-ethyl adjacent to an activating group) is 1. The molecule has 3 rings (SSSR count). The maximum Gasteiger partial charge on any atom is 0.436 e. The first-order valence-corrected chi connectivity index (χ1v) is 9.98. The molecular formula is C22H20F5N5O. The molecule has 1 amide bonds. The Morgan fingerprint density at radius 3 is 2.39 bits per heavy atom. The van der Waals surface area contributed by atoms with Crippen LogP contribution in [0, 0.1) is 11.6 Å². The number of anilines is 1. The third-order valence-electron chi connectivity index (χ3n) is 4.86. The molecule has 0 spiro atoms. The van der Waals surface area contributed by atoms with Crippen molar-refractivity contribution < 1.29 is 26.7 Å². The summed E-state index contributed by atoms with van der Waals surface area (Å²) in [5, 5.41) is 2.69. The summed E-state index contributed by atoms with van der Waals surface area (Å²) < 4.78 is 66.7. The lowest BCUT2D eigenvalue weighted by molar-refractivity contribution is -0.143. The standard InChI is InChI=1S/C22H20F5N5O/c1-3-32(13(2)12-30-17-9-8-16(24)19(31-17)22(25,26)27)21(33)14-6-4-7-15(23)18(14)20-28-10-5-11-29-20/h4-11,13H,3,12H2,1-2H3,(H,30,31). The van der Waals surface area contributed by atoms with Crippen LogP contribution in [0.15, 0.2) is 48.8 Å². The summed E-state index contributed by atoms with van der Waals surface area (Å²) in [7, 11) is 0. The summed E-state index contributed by atoms with van der Waals surface area (Å²) in [4.78, 5) is 26.0. The molecule has 11 heteroatoms. The Bertz CT molecular complexity index is 1120. The number of carbonyl (C=O) groups excluding carboxylic acids is 1. The van der Waals surface area contributed by atoms with Gasteiger partial charge in [0.1, 0.15) is 11.6 Å². The second-order valence-corrected chi connectivity index (χ2v) is 7.08. The molecule has 0 aliphatic heterocycles. The zero-order chi connectivity index (χ0) is 24.2. The molecule has 33 heavy (non-hydrogen) atoms. The van der Waals surface area contributed by atoms with Crippen molar-refractivity contribution in [3.8, 4) is 11.4 Å². The third kappa shape index (κ3) is 5.41. The van der Waals surface area contributed by atoms with Gasteiger partial charge in [-0.1, -0.05) is 6.07 Å². The number of pyridine rings is 1. The van der Waals surface area contributed by atoms with Crippen LogP contribution < -0.4 is 5.32 Å². The number of alkyl halides is 3. The average molecular weight is 465 g/mol. The number of aromatic nitrogens is 3. The van der Waals surface area contributed by atoms with Crippen LogP contribution in [0.4, 0.5) is 27.8 Å². The van der Waals surface area contributed by atoms with Gasteiger partial charge in [0.05, 0.1) is 11.1 Å². The maximum atomic E-state index is 14.6. The van der Waals surface area contributed by atoms with Crippen LogP contribution in [0.1, 0.15) is 29.9 Å². The quantitative estimate of drug-likeness (QED) is 0.508. The van der Waals surface area contributed by atoms with E-state index in [2.05, 4.69) is 20.3 Å². The summed E-state index contributed by atoms with van der Waals surface area (Å²) in [6, 6.07) is 6.83. The van der Waals surface area contributed by atoms with Gasteiger partial charge in [0, 0.05) is 31.5 Å². The van der Waals surface area contributed by atoms with Gasteiger partial charge in [0.2, 0.25) is 0 Å². The van der Waals surface area contributed by atoms with Gasteiger partial charge in [-0.2, -0.15) is 13.2 Å². The fourth-order valence-corrected chi connectivity index (χ4v) is 3.27. The summed E-state index contributed by atoms with van der Waals surface area (Å²) >= 11 is 0. The average Bonchev–Trinajstić information content (AvgIpc) is 2.78. The summed E-state index contributed by atoms with van der Waals surface area (Å²) in [5.41, 5.74) is -1.62. The number of nitrogens with one attached hydrogen (secondary N) is 1. The smallest absolute Gasteiger partial charge is 0.368 e.